The number of nitrogens with one attached hydrogen (secondary N) is 2. The number of methoxy groups -OCH3 is 1. The number of ether oxygens (including phenoxy) is 1. The number of aromatic amines is 1. The maximum Gasteiger partial charge on any atom is 0.356 e. The highest BCUT2D eigenvalue weighted by molar-refractivity contribution is 6.29. The van der Waals surface area contributed by atoms with E-state index in [-0.39, 0.29) is 28.5 Å². The van der Waals surface area contributed by atoms with Gasteiger partial charge >= 0.3 is 5.97 Å². The van der Waals surface area contributed by atoms with E-state index in [0.717, 1.165) is 0 Å². The van der Waals surface area contributed by atoms with Crippen molar-refractivity contribution in [1.29, 1.82) is 0 Å². The van der Waals surface area contributed by atoms with E-state index in [1.54, 1.807) is 13.0 Å². The van der Waals surface area contributed by atoms with Gasteiger partial charge in [0.25, 0.3) is 0 Å². The Bertz CT molecular complexity index is 730. The van der Waals surface area contributed by atoms with Crippen molar-refractivity contribution in [2.75, 3.05) is 12.4 Å². The molecule has 0 aromatic carbocycles. The molecule has 2 aromatic heterocycles. The smallest absolute Gasteiger partial charge is 0.356 e. The second kappa shape index (κ2) is 6.57. The lowest BCUT2D eigenvalue weighted by Gasteiger charge is -2.06. The number of nitrogens with zero attached hydrogens (tertiary/aromatic N) is 1. The van der Waals surface area contributed by atoms with Crippen molar-refractivity contribution in [3.63, 3.8) is 0 Å². The molecule has 0 aliphatic carbocycles. The molecule has 0 atom stereocenters. The molecule has 0 spiro atoms. The van der Waals surface area contributed by atoms with Crippen LogP contribution in [0.4, 0.5) is 10.1 Å². The van der Waals surface area contributed by atoms with E-state index >= 15 is 0 Å². The number of hydrogen-bond donors (Lipinski definition) is 2. The molecule has 0 fully saturated rings. The standard InChI is InChI=1S/C14H13ClFN3O3/c1-7-5-9(12(18-7)14(21)22-2)19-10(20)6-8-3-4-17-13(15)11(8)16/h3-5,18H,6H2,1-2H3,(H,19,20). The van der Waals surface area contributed by atoms with Gasteiger partial charge in [0.05, 0.1) is 19.2 Å². The number of pyridine rings is 1. The molecule has 8 heteroatoms. The number of esters is 1. The molecule has 0 aliphatic rings. The van der Waals surface area contributed by atoms with Crippen molar-refractivity contribution in [3.05, 3.63) is 46.3 Å². The van der Waals surface area contributed by atoms with Gasteiger partial charge in [0.2, 0.25) is 5.91 Å². The van der Waals surface area contributed by atoms with Gasteiger partial charge in [-0.05, 0) is 19.1 Å². The monoisotopic (exact) mass is 325 g/mol. The van der Waals surface area contributed by atoms with E-state index in [9.17, 15) is 14.0 Å². The largest absolute Gasteiger partial charge is 0.464 e. The number of aryl methyl sites for hydroxylation is 1. The van der Waals surface area contributed by atoms with Crippen LogP contribution in [0.15, 0.2) is 18.3 Å². The lowest BCUT2D eigenvalue weighted by Crippen LogP contribution is -2.17. The van der Waals surface area contributed by atoms with Crippen molar-refractivity contribution in [2.24, 2.45) is 0 Å². The molecule has 0 bridgehead atoms. The van der Waals surface area contributed by atoms with Gasteiger partial charge in [-0.3, -0.25) is 4.79 Å². The Labute approximate surface area is 130 Å². The van der Waals surface area contributed by atoms with E-state index < -0.39 is 17.7 Å². The van der Waals surface area contributed by atoms with Crippen LogP contribution in [0.2, 0.25) is 5.15 Å². The third-order valence-electron chi connectivity index (χ3n) is 2.89. The van der Waals surface area contributed by atoms with Crippen molar-refractivity contribution in [3.8, 4) is 0 Å². The third-order valence-corrected chi connectivity index (χ3v) is 3.16. The minimum absolute atomic E-state index is 0.115. The topological polar surface area (TPSA) is 84.1 Å². The molecule has 2 rings (SSSR count). The molecular formula is C14H13ClFN3O3. The van der Waals surface area contributed by atoms with Crippen molar-refractivity contribution >= 4 is 29.2 Å². The number of hydrogen-bond acceptors (Lipinski definition) is 4. The first-order valence-corrected chi connectivity index (χ1v) is 6.66. The average molecular weight is 326 g/mol. The number of carbonyl (C=O) groups excluding carboxylic acids is 2. The molecule has 116 valence electrons. The third kappa shape index (κ3) is 3.43. The van der Waals surface area contributed by atoms with Crippen molar-refractivity contribution in [1.82, 2.24) is 9.97 Å². The lowest BCUT2D eigenvalue weighted by atomic mass is 10.2. The van der Waals surface area contributed by atoms with Crippen LogP contribution in [0.1, 0.15) is 21.7 Å². The number of anilines is 1. The minimum atomic E-state index is -0.738. The molecule has 0 saturated heterocycles. The Morgan fingerprint density at radius 3 is 2.91 bits per heavy atom. The first-order valence-electron chi connectivity index (χ1n) is 6.29. The molecule has 1 amide bonds. The number of H-pyrrole nitrogens is 1. The van der Waals surface area contributed by atoms with Crippen molar-refractivity contribution < 1.29 is 18.7 Å². The van der Waals surface area contributed by atoms with Crippen LogP contribution in [0.3, 0.4) is 0 Å². The summed E-state index contributed by atoms with van der Waals surface area (Å²) in [7, 11) is 1.23. The second-order valence-electron chi connectivity index (χ2n) is 4.53. The summed E-state index contributed by atoms with van der Waals surface area (Å²) in [5.41, 5.74) is 1.19. The first kappa shape index (κ1) is 16.0. The van der Waals surface area contributed by atoms with E-state index in [4.69, 9.17) is 11.6 Å². The Balaban J connectivity index is 2.16. The number of carbonyl (C=O) groups is 2. The van der Waals surface area contributed by atoms with E-state index in [1.165, 1.54) is 19.4 Å². The zero-order valence-corrected chi connectivity index (χ0v) is 12.6. The fourth-order valence-electron chi connectivity index (χ4n) is 1.91. The molecule has 0 radical (unpaired) electrons. The summed E-state index contributed by atoms with van der Waals surface area (Å²) >= 11 is 5.56. The van der Waals surface area contributed by atoms with Gasteiger partial charge in [0.1, 0.15) is 5.69 Å². The summed E-state index contributed by atoms with van der Waals surface area (Å²) in [5.74, 6) is -1.84. The van der Waals surface area contributed by atoms with Crippen LogP contribution in [0.25, 0.3) is 0 Å². The molecule has 2 N–H and O–H groups in total. The van der Waals surface area contributed by atoms with Gasteiger partial charge in [-0.15, -0.1) is 0 Å². The molecule has 0 aliphatic heterocycles. The number of aromatic nitrogens is 2. The van der Waals surface area contributed by atoms with Crippen LogP contribution in [0.5, 0.6) is 0 Å². The molecule has 0 saturated carbocycles. The average Bonchev–Trinajstić information content (AvgIpc) is 2.83. The van der Waals surface area contributed by atoms with Gasteiger partial charge in [0, 0.05) is 17.5 Å². The van der Waals surface area contributed by atoms with Crippen LogP contribution < -0.4 is 5.32 Å². The second-order valence-corrected chi connectivity index (χ2v) is 4.89. The summed E-state index contributed by atoms with van der Waals surface area (Å²) in [6, 6.07) is 2.95. The van der Waals surface area contributed by atoms with Crippen LogP contribution in [-0.2, 0) is 16.0 Å². The van der Waals surface area contributed by atoms with E-state index in [0.29, 0.717) is 5.69 Å². The van der Waals surface area contributed by atoms with Gasteiger partial charge in [-0.2, -0.15) is 0 Å². The summed E-state index contributed by atoms with van der Waals surface area (Å²) in [6.45, 7) is 1.73. The normalized spacial score (nSPS) is 10.4. The molecule has 6 nitrogen and oxygen atoms in total. The summed E-state index contributed by atoms with van der Waals surface area (Å²) in [4.78, 5) is 30.0. The summed E-state index contributed by atoms with van der Waals surface area (Å²) in [5, 5.41) is 2.25. The van der Waals surface area contributed by atoms with Gasteiger partial charge in [-0.1, -0.05) is 11.6 Å². The van der Waals surface area contributed by atoms with Crippen LogP contribution in [-0.4, -0.2) is 29.0 Å². The minimum Gasteiger partial charge on any atom is -0.464 e. The van der Waals surface area contributed by atoms with Crippen LogP contribution >= 0.6 is 11.6 Å². The number of amides is 1. The zero-order chi connectivity index (χ0) is 16.3. The highest BCUT2D eigenvalue weighted by atomic mass is 35.5. The van der Waals surface area contributed by atoms with E-state index in [1.807, 2.05) is 0 Å². The van der Waals surface area contributed by atoms with Gasteiger partial charge in [0.15, 0.2) is 11.0 Å². The Kier molecular flexibility index (Phi) is 4.77. The highest BCUT2D eigenvalue weighted by Gasteiger charge is 2.18. The Hall–Kier alpha value is -2.41. The van der Waals surface area contributed by atoms with Crippen LogP contribution in [0, 0.1) is 12.7 Å². The molecule has 22 heavy (non-hydrogen) atoms. The molecule has 2 aromatic rings. The zero-order valence-electron chi connectivity index (χ0n) is 11.9. The fourth-order valence-corrected chi connectivity index (χ4v) is 2.09. The maximum atomic E-state index is 13.7. The fraction of sp³-hybridized carbons (Fsp3) is 0.214. The van der Waals surface area contributed by atoms with Crippen molar-refractivity contribution in [2.45, 2.75) is 13.3 Å². The predicted octanol–water partition coefficient (Wildman–Crippen LogP) is 2.48. The molecule has 2 heterocycles. The predicted molar refractivity (Wildman–Crippen MR) is 78.4 cm³/mol. The van der Waals surface area contributed by atoms with E-state index in [2.05, 4.69) is 20.0 Å². The first-order chi connectivity index (χ1) is 10.4. The highest BCUT2D eigenvalue weighted by Crippen LogP contribution is 2.19. The quantitative estimate of drug-likeness (QED) is 0.668. The summed E-state index contributed by atoms with van der Waals surface area (Å²) in [6.07, 6.45) is 1.08. The summed E-state index contributed by atoms with van der Waals surface area (Å²) < 4.78 is 18.3. The number of rotatable bonds is 4. The van der Waals surface area contributed by atoms with Gasteiger partial charge in [-0.25, -0.2) is 14.2 Å². The molecule has 0 unspecified atom stereocenters. The SMILES string of the molecule is COC(=O)c1[nH]c(C)cc1NC(=O)Cc1ccnc(Cl)c1F. The Morgan fingerprint density at radius 2 is 2.23 bits per heavy atom. The molecular weight excluding hydrogens is 313 g/mol. The van der Waals surface area contributed by atoms with Gasteiger partial charge < -0.3 is 15.0 Å². The number of halogens is 2. The Morgan fingerprint density at radius 1 is 1.50 bits per heavy atom. The maximum absolute atomic E-state index is 13.7. The lowest BCUT2D eigenvalue weighted by molar-refractivity contribution is -0.115.